The Morgan fingerprint density at radius 2 is 2.50 bits per heavy atom. The number of carboxylic acids is 1. The van der Waals surface area contributed by atoms with E-state index in [1.807, 2.05) is 11.9 Å². The molecular weight excluding hydrogens is 208 g/mol. The highest BCUT2D eigenvalue weighted by Crippen LogP contribution is 2.18. The maximum Gasteiger partial charge on any atom is 0.335 e. The number of rotatable bonds is 3. The molecular formula is C11H14N2O3. The lowest BCUT2D eigenvalue weighted by Crippen LogP contribution is -2.32. The summed E-state index contributed by atoms with van der Waals surface area (Å²) in [5.41, 5.74) is 0.260. The lowest BCUT2D eigenvalue weighted by atomic mass is 10.2. The standard InChI is InChI=1S/C11H14N2O3/c1-13(9-3-5-16-7-9)10-6-8(11(14)15)2-4-12-10/h2,4,6,9H,3,5,7H2,1H3,(H,14,15). The molecule has 1 N–H and O–H groups in total. The van der Waals surface area contributed by atoms with E-state index in [1.54, 1.807) is 6.07 Å². The Bertz CT molecular complexity index is 389. The fraction of sp³-hybridized carbons (Fsp3) is 0.455. The molecule has 2 rings (SSSR count). The van der Waals surface area contributed by atoms with E-state index in [1.165, 1.54) is 12.3 Å². The van der Waals surface area contributed by atoms with Crippen LogP contribution in [0.5, 0.6) is 0 Å². The number of aromatic nitrogens is 1. The van der Waals surface area contributed by atoms with Crippen molar-refractivity contribution in [3.05, 3.63) is 23.9 Å². The number of nitrogens with zero attached hydrogens (tertiary/aromatic N) is 2. The summed E-state index contributed by atoms with van der Waals surface area (Å²) in [6.45, 7) is 1.43. The van der Waals surface area contributed by atoms with Crippen LogP contribution in [0.2, 0.25) is 0 Å². The molecule has 86 valence electrons. The van der Waals surface area contributed by atoms with Gasteiger partial charge in [0.2, 0.25) is 0 Å². The summed E-state index contributed by atoms with van der Waals surface area (Å²) in [6, 6.07) is 3.36. The second-order valence-electron chi connectivity index (χ2n) is 3.84. The van der Waals surface area contributed by atoms with Crippen LogP contribution in [0.15, 0.2) is 18.3 Å². The van der Waals surface area contributed by atoms with E-state index in [0.29, 0.717) is 12.4 Å². The molecule has 0 bridgehead atoms. The Balaban J connectivity index is 2.18. The Labute approximate surface area is 93.7 Å². The van der Waals surface area contributed by atoms with E-state index in [0.717, 1.165) is 13.0 Å². The van der Waals surface area contributed by atoms with Crippen molar-refractivity contribution in [2.24, 2.45) is 0 Å². The van der Waals surface area contributed by atoms with Crippen LogP contribution in [-0.4, -0.2) is 42.4 Å². The zero-order valence-corrected chi connectivity index (χ0v) is 9.09. The van der Waals surface area contributed by atoms with Crippen molar-refractivity contribution in [3.63, 3.8) is 0 Å². The van der Waals surface area contributed by atoms with Crippen LogP contribution in [0.3, 0.4) is 0 Å². The zero-order chi connectivity index (χ0) is 11.5. The summed E-state index contributed by atoms with van der Waals surface area (Å²) in [7, 11) is 1.91. The van der Waals surface area contributed by atoms with Crippen LogP contribution in [-0.2, 0) is 4.74 Å². The van der Waals surface area contributed by atoms with Crippen molar-refractivity contribution < 1.29 is 14.6 Å². The second kappa shape index (κ2) is 4.49. The van der Waals surface area contributed by atoms with E-state index in [4.69, 9.17) is 9.84 Å². The summed E-state index contributed by atoms with van der Waals surface area (Å²) in [4.78, 5) is 17.0. The quantitative estimate of drug-likeness (QED) is 0.826. The minimum atomic E-state index is -0.931. The van der Waals surface area contributed by atoms with Crippen molar-refractivity contribution >= 4 is 11.8 Å². The van der Waals surface area contributed by atoms with Crippen LogP contribution in [0.4, 0.5) is 5.82 Å². The van der Waals surface area contributed by atoms with E-state index >= 15 is 0 Å². The van der Waals surface area contributed by atoms with Crippen molar-refractivity contribution in [2.45, 2.75) is 12.5 Å². The van der Waals surface area contributed by atoms with Gasteiger partial charge in [-0.05, 0) is 18.6 Å². The smallest absolute Gasteiger partial charge is 0.335 e. The number of carbonyl (C=O) groups is 1. The van der Waals surface area contributed by atoms with Gasteiger partial charge in [-0.2, -0.15) is 0 Å². The topological polar surface area (TPSA) is 62.7 Å². The molecule has 0 spiro atoms. The largest absolute Gasteiger partial charge is 0.478 e. The van der Waals surface area contributed by atoms with Crippen LogP contribution >= 0.6 is 0 Å². The maximum absolute atomic E-state index is 10.8. The van der Waals surface area contributed by atoms with Crippen molar-refractivity contribution in [3.8, 4) is 0 Å². The van der Waals surface area contributed by atoms with Crippen molar-refractivity contribution in [1.29, 1.82) is 0 Å². The minimum absolute atomic E-state index is 0.260. The number of hydrogen-bond acceptors (Lipinski definition) is 4. The first kappa shape index (κ1) is 10.9. The molecule has 2 heterocycles. The number of ether oxygens (including phenoxy) is 1. The van der Waals surface area contributed by atoms with Gasteiger partial charge in [-0.25, -0.2) is 9.78 Å². The number of pyridine rings is 1. The zero-order valence-electron chi connectivity index (χ0n) is 9.09. The Kier molecular flexibility index (Phi) is 3.05. The Morgan fingerprint density at radius 3 is 3.12 bits per heavy atom. The van der Waals surface area contributed by atoms with Gasteiger partial charge in [-0.3, -0.25) is 0 Å². The van der Waals surface area contributed by atoms with Crippen LogP contribution in [0.1, 0.15) is 16.8 Å². The number of hydrogen-bond donors (Lipinski definition) is 1. The lowest BCUT2D eigenvalue weighted by molar-refractivity contribution is 0.0697. The molecule has 0 amide bonds. The third kappa shape index (κ3) is 2.14. The molecule has 1 saturated heterocycles. The SMILES string of the molecule is CN(c1cc(C(=O)O)ccn1)C1CCOC1. The van der Waals surface area contributed by atoms with Gasteiger partial charge in [0.25, 0.3) is 0 Å². The van der Waals surface area contributed by atoms with Gasteiger partial charge in [-0.15, -0.1) is 0 Å². The molecule has 1 atom stereocenters. The predicted octanol–water partition coefficient (Wildman–Crippen LogP) is 1.00. The maximum atomic E-state index is 10.8. The fourth-order valence-electron chi connectivity index (χ4n) is 1.76. The molecule has 1 unspecified atom stereocenters. The van der Waals surface area contributed by atoms with Gasteiger partial charge >= 0.3 is 5.97 Å². The first-order valence-corrected chi connectivity index (χ1v) is 5.18. The third-order valence-corrected chi connectivity index (χ3v) is 2.81. The molecule has 16 heavy (non-hydrogen) atoms. The second-order valence-corrected chi connectivity index (χ2v) is 3.84. The molecule has 1 aromatic heterocycles. The molecule has 1 aliphatic rings. The van der Waals surface area contributed by atoms with Crippen molar-refractivity contribution in [2.75, 3.05) is 25.2 Å². The minimum Gasteiger partial charge on any atom is -0.478 e. The molecule has 5 heteroatoms. The van der Waals surface area contributed by atoms with Gasteiger partial charge in [0.1, 0.15) is 5.82 Å². The lowest BCUT2D eigenvalue weighted by Gasteiger charge is -2.24. The highest BCUT2D eigenvalue weighted by Gasteiger charge is 2.21. The molecule has 0 radical (unpaired) electrons. The van der Waals surface area contributed by atoms with Gasteiger partial charge in [-0.1, -0.05) is 0 Å². The Hall–Kier alpha value is -1.62. The highest BCUT2D eigenvalue weighted by molar-refractivity contribution is 5.88. The molecule has 0 saturated carbocycles. The molecule has 5 nitrogen and oxygen atoms in total. The number of aromatic carboxylic acids is 1. The van der Waals surface area contributed by atoms with Crippen LogP contribution < -0.4 is 4.90 Å². The molecule has 0 aromatic carbocycles. The summed E-state index contributed by atoms with van der Waals surface area (Å²) in [5, 5.41) is 8.89. The van der Waals surface area contributed by atoms with E-state index in [2.05, 4.69) is 4.98 Å². The average Bonchev–Trinajstić information content (AvgIpc) is 2.81. The number of anilines is 1. The Morgan fingerprint density at radius 1 is 1.69 bits per heavy atom. The molecule has 1 fully saturated rings. The van der Waals surface area contributed by atoms with Gasteiger partial charge < -0.3 is 14.7 Å². The molecule has 1 aromatic rings. The van der Waals surface area contributed by atoms with Gasteiger partial charge in [0.05, 0.1) is 18.2 Å². The van der Waals surface area contributed by atoms with E-state index in [9.17, 15) is 4.79 Å². The normalized spacial score (nSPS) is 19.7. The summed E-state index contributed by atoms with van der Waals surface area (Å²) >= 11 is 0. The molecule has 0 aliphatic carbocycles. The van der Waals surface area contributed by atoms with Crippen molar-refractivity contribution in [1.82, 2.24) is 4.98 Å². The summed E-state index contributed by atoms with van der Waals surface area (Å²) < 4.78 is 5.29. The number of likely N-dealkylation sites (N-methyl/N-ethyl adjacent to an activating group) is 1. The van der Waals surface area contributed by atoms with Crippen LogP contribution in [0, 0.1) is 0 Å². The highest BCUT2D eigenvalue weighted by atomic mass is 16.5. The average molecular weight is 222 g/mol. The monoisotopic (exact) mass is 222 g/mol. The van der Waals surface area contributed by atoms with Gasteiger partial charge in [0.15, 0.2) is 0 Å². The van der Waals surface area contributed by atoms with Crippen LogP contribution in [0.25, 0.3) is 0 Å². The fourth-order valence-corrected chi connectivity index (χ4v) is 1.76. The predicted molar refractivity (Wildman–Crippen MR) is 58.8 cm³/mol. The summed E-state index contributed by atoms with van der Waals surface area (Å²) in [6.07, 6.45) is 2.47. The first-order chi connectivity index (χ1) is 7.68. The first-order valence-electron chi connectivity index (χ1n) is 5.18. The van der Waals surface area contributed by atoms with E-state index < -0.39 is 5.97 Å². The molecule has 1 aliphatic heterocycles. The third-order valence-electron chi connectivity index (χ3n) is 2.81. The number of carboxylic acid groups (broad SMARTS) is 1. The summed E-state index contributed by atoms with van der Waals surface area (Å²) in [5.74, 6) is -0.255. The van der Waals surface area contributed by atoms with E-state index in [-0.39, 0.29) is 11.6 Å². The van der Waals surface area contributed by atoms with Gasteiger partial charge in [0, 0.05) is 19.9 Å².